The number of hydrogen-bond donors (Lipinski definition) is 2. The molecule has 0 radical (unpaired) electrons. The molecule has 7 nitrogen and oxygen atoms in total. The van der Waals surface area contributed by atoms with E-state index < -0.39 is 34.4 Å². The zero-order chi connectivity index (χ0) is 12.0. The van der Waals surface area contributed by atoms with Gasteiger partial charge in [-0.1, -0.05) is 18.0 Å². The van der Waals surface area contributed by atoms with Crippen molar-refractivity contribution in [1.82, 2.24) is 5.32 Å². The van der Waals surface area contributed by atoms with Gasteiger partial charge in [-0.3, -0.25) is 4.21 Å². The van der Waals surface area contributed by atoms with Crippen molar-refractivity contribution in [3.05, 3.63) is 0 Å². The van der Waals surface area contributed by atoms with Crippen molar-refractivity contribution in [2.24, 2.45) is 0 Å². The largest absolute Gasteiger partial charge is 0.772 e. The van der Waals surface area contributed by atoms with Gasteiger partial charge in [0.05, 0.1) is 7.11 Å². The quantitative estimate of drug-likeness (QED) is 0.621. The van der Waals surface area contributed by atoms with Crippen LogP contribution in [-0.4, -0.2) is 44.3 Å². The third-order valence-electron chi connectivity index (χ3n) is 1.67. The Labute approximate surface area is 89.1 Å². The summed E-state index contributed by atoms with van der Waals surface area (Å²) < 4.78 is 25.2. The third-order valence-corrected chi connectivity index (χ3v) is 2.52. The highest BCUT2D eigenvalue weighted by Crippen LogP contribution is 2.04. The maximum Gasteiger partial charge on any atom is 0.407 e. The van der Waals surface area contributed by atoms with Gasteiger partial charge in [0.1, 0.15) is 6.04 Å². The Bertz CT molecular complexity index is 268. The molecule has 88 valence electrons. The van der Waals surface area contributed by atoms with Gasteiger partial charge in [0.2, 0.25) is 0 Å². The zero-order valence-electron chi connectivity index (χ0n) is 8.26. The first-order chi connectivity index (χ1) is 6.88. The van der Waals surface area contributed by atoms with E-state index >= 15 is 0 Å². The van der Waals surface area contributed by atoms with Crippen molar-refractivity contribution < 1.29 is 28.2 Å². The van der Waals surface area contributed by atoms with Crippen LogP contribution in [0.4, 0.5) is 4.79 Å². The summed E-state index contributed by atoms with van der Waals surface area (Å²) >= 11 is -2.37. The lowest BCUT2D eigenvalue weighted by Crippen LogP contribution is -2.43. The summed E-state index contributed by atoms with van der Waals surface area (Å²) in [5, 5.41) is 9.84. The molecule has 0 aliphatic carbocycles. The number of aliphatic carboxylic acids is 1. The normalized spacial score (nSPS) is 16.2. The lowest BCUT2D eigenvalue weighted by Gasteiger charge is -2.19. The van der Waals surface area contributed by atoms with Gasteiger partial charge in [-0.2, -0.15) is 0 Å². The first-order valence-electron chi connectivity index (χ1n) is 4.03. The number of hydrogen-bond acceptors (Lipinski definition) is 5. The van der Waals surface area contributed by atoms with Crippen LogP contribution in [0.25, 0.3) is 0 Å². The number of carboxylic acid groups (broad SMARTS) is 1. The highest BCUT2D eigenvalue weighted by molar-refractivity contribution is 7.79. The molecule has 0 aromatic heterocycles. The van der Waals surface area contributed by atoms with Crippen LogP contribution in [0, 0.1) is 0 Å². The Morgan fingerprint density at radius 2 is 2.13 bits per heavy atom. The van der Waals surface area contributed by atoms with E-state index in [1.165, 1.54) is 6.92 Å². The molecule has 3 unspecified atom stereocenters. The average molecular weight is 238 g/mol. The third kappa shape index (κ3) is 5.33. The molecule has 15 heavy (non-hydrogen) atoms. The molecule has 8 heteroatoms. The highest BCUT2D eigenvalue weighted by atomic mass is 32.2. The van der Waals surface area contributed by atoms with Crippen molar-refractivity contribution in [2.75, 3.05) is 7.11 Å². The van der Waals surface area contributed by atoms with Gasteiger partial charge >= 0.3 is 12.1 Å². The van der Waals surface area contributed by atoms with Gasteiger partial charge < -0.3 is 19.7 Å². The zero-order valence-corrected chi connectivity index (χ0v) is 9.08. The smallest absolute Gasteiger partial charge is 0.407 e. The molecule has 3 atom stereocenters. The Kier molecular flexibility index (Phi) is 5.87. The first kappa shape index (κ1) is 13.8. The van der Waals surface area contributed by atoms with Gasteiger partial charge in [-0.25, -0.2) is 9.59 Å². The van der Waals surface area contributed by atoms with E-state index in [9.17, 15) is 18.4 Å². The second-order valence-corrected chi connectivity index (χ2v) is 4.16. The Balaban J connectivity index is 4.35. The molecular weight excluding hydrogens is 226 g/mol. The number of methoxy groups -OCH3 is 1. The number of alkyl carbamates (subject to hydrolysis) is 1. The summed E-state index contributed by atoms with van der Waals surface area (Å²) in [5.74, 6) is -1.31. The second-order valence-electron chi connectivity index (χ2n) is 2.83. The van der Waals surface area contributed by atoms with Crippen LogP contribution in [0.15, 0.2) is 0 Å². The number of rotatable bonds is 5. The molecule has 0 saturated carbocycles. The maximum absolute atomic E-state index is 10.7. The Hall–Kier alpha value is -1.15. The lowest BCUT2D eigenvalue weighted by molar-refractivity contribution is -0.139. The summed E-state index contributed by atoms with van der Waals surface area (Å²) in [6.45, 7) is 1.35. The van der Waals surface area contributed by atoms with Crippen molar-refractivity contribution >= 4 is 23.1 Å². The Morgan fingerprint density at radius 1 is 1.60 bits per heavy atom. The van der Waals surface area contributed by atoms with Crippen LogP contribution in [-0.2, 0) is 20.6 Å². The van der Waals surface area contributed by atoms with Crippen molar-refractivity contribution in [3.8, 4) is 0 Å². The molecule has 0 aliphatic rings. The molecule has 0 fully saturated rings. The fraction of sp³-hybridized carbons (Fsp3) is 0.714. The van der Waals surface area contributed by atoms with Gasteiger partial charge in [-0.05, 0) is 6.42 Å². The van der Waals surface area contributed by atoms with Crippen LogP contribution in [0.3, 0.4) is 0 Å². The van der Waals surface area contributed by atoms with Crippen LogP contribution in [0.5, 0.6) is 0 Å². The number of nitrogens with one attached hydrogen (secondary N) is 1. The van der Waals surface area contributed by atoms with Crippen LogP contribution < -0.4 is 5.32 Å². The summed E-state index contributed by atoms with van der Waals surface area (Å²) in [6.07, 6.45) is -1.12. The molecule has 0 bridgehead atoms. The predicted octanol–water partition coefficient (Wildman–Crippen LogP) is -0.547. The maximum atomic E-state index is 10.7. The molecule has 0 saturated heterocycles. The number of carbonyl (C=O) groups excluding carboxylic acids is 1. The molecular formula is C7H12NO6S-. The van der Waals surface area contributed by atoms with Gasteiger partial charge in [0.25, 0.3) is 0 Å². The number of carbonyl (C=O) groups is 2. The minimum Gasteiger partial charge on any atom is -0.772 e. The van der Waals surface area contributed by atoms with E-state index in [2.05, 4.69) is 4.74 Å². The van der Waals surface area contributed by atoms with E-state index in [1.54, 1.807) is 0 Å². The van der Waals surface area contributed by atoms with Gasteiger partial charge in [0, 0.05) is 5.25 Å². The molecule has 0 aromatic rings. The summed E-state index contributed by atoms with van der Waals surface area (Å²) in [5.41, 5.74) is 0. The minimum absolute atomic E-state index is 0.208. The fourth-order valence-corrected chi connectivity index (χ4v) is 1.18. The topological polar surface area (TPSA) is 116 Å². The number of carboxylic acids is 1. The average Bonchev–Trinajstić information content (AvgIpc) is 2.15. The molecule has 0 heterocycles. The number of amides is 1. The monoisotopic (exact) mass is 238 g/mol. The summed E-state index contributed by atoms with van der Waals surface area (Å²) in [4.78, 5) is 21.4. The van der Waals surface area contributed by atoms with E-state index in [0.717, 1.165) is 7.11 Å². The first-order valence-corrected chi connectivity index (χ1v) is 5.17. The molecule has 0 spiro atoms. The van der Waals surface area contributed by atoms with E-state index in [0.29, 0.717) is 0 Å². The Morgan fingerprint density at radius 3 is 2.47 bits per heavy atom. The number of ether oxygens (including phenoxy) is 1. The molecule has 1 amide bonds. The fourth-order valence-electron chi connectivity index (χ4n) is 0.833. The van der Waals surface area contributed by atoms with Crippen LogP contribution in [0.1, 0.15) is 13.3 Å². The molecule has 0 rings (SSSR count). The van der Waals surface area contributed by atoms with E-state index in [-0.39, 0.29) is 6.42 Å². The van der Waals surface area contributed by atoms with Gasteiger partial charge in [0.15, 0.2) is 0 Å². The molecule has 2 N–H and O–H groups in total. The standard InChI is InChI=1S/C7H13NO6S/c1-4(15(12)13)3-5(6(9)10)8-7(11)14-2/h4-5H,3H2,1-2H3,(H,8,11)(H,9,10)(H,12,13)/p-1. The van der Waals surface area contributed by atoms with Crippen molar-refractivity contribution in [3.63, 3.8) is 0 Å². The van der Waals surface area contributed by atoms with E-state index in [1.807, 2.05) is 5.32 Å². The predicted molar refractivity (Wildman–Crippen MR) is 50.0 cm³/mol. The summed E-state index contributed by atoms with van der Waals surface area (Å²) in [6, 6.07) is -1.27. The van der Waals surface area contributed by atoms with E-state index in [4.69, 9.17) is 5.11 Å². The van der Waals surface area contributed by atoms with Crippen molar-refractivity contribution in [1.29, 1.82) is 0 Å². The molecule has 0 aliphatic heterocycles. The molecule has 0 aromatic carbocycles. The van der Waals surface area contributed by atoms with Crippen LogP contribution >= 0.6 is 0 Å². The van der Waals surface area contributed by atoms with Gasteiger partial charge in [-0.15, -0.1) is 0 Å². The summed E-state index contributed by atoms with van der Waals surface area (Å²) in [7, 11) is 1.09. The van der Waals surface area contributed by atoms with Crippen molar-refractivity contribution in [2.45, 2.75) is 24.6 Å². The highest BCUT2D eigenvalue weighted by Gasteiger charge is 2.22. The lowest BCUT2D eigenvalue weighted by atomic mass is 10.2. The second kappa shape index (κ2) is 6.36. The minimum atomic E-state index is -2.37. The van der Waals surface area contributed by atoms with Crippen LogP contribution in [0.2, 0.25) is 0 Å². The SMILES string of the molecule is COC(=O)NC(CC(C)S(=O)[O-])C(=O)O.